The fourth-order valence-electron chi connectivity index (χ4n) is 2.77. The van der Waals surface area contributed by atoms with Crippen molar-refractivity contribution in [2.45, 2.75) is 39.3 Å². The van der Waals surface area contributed by atoms with Gasteiger partial charge in [-0.05, 0) is 30.0 Å². The monoisotopic (exact) mass is 377 g/mol. The van der Waals surface area contributed by atoms with Crippen LogP contribution < -0.4 is 20.1 Å². The SMILES string of the molecule is COc1ccc(CN2C(=O)NC(CCC(=O)NCC(C)C)C2=O)cc1OC. The molecule has 1 saturated heterocycles. The Balaban J connectivity index is 1.95. The predicted octanol–water partition coefficient (Wildman–Crippen LogP) is 1.68. The molecule has 0 radical (unpaired) electrons. The number of benzene rings is 1. The number of carbonyl (C=O) groups is 3. The van der Waals surface area contributed by atoms with Crippen LogP contribution in [-0.2, 0) is 16.1 Å². The largest absolute Gasteiger partial charge is 0.493 e. The predicted molar refractivity (Wildman–Crippen MR) is 99.5 cm³/mol. The van der Waals surface area contributed by atoms with E-state index in [-0.39, 0.29) is 31.2 Å². The zero-order valence-electron chi connectivity index (χ0n) is 16.2. The smallest absolute Gasteiger partial charge is 0.325 e. The van der Waals surface area contributed by atoms with Gasteiger partial charge in [-0.1, -0.05) is 19.9 Å². The van der Waals surface area contributed by atoms with Crippen LogP contribution in [0.4, 0.5) is 4.79 Å². The molecule has 1 aromatic carbocycles. The van der Waals surface area contributed by atoms with Crippen LogP contribution in [0.2, 0.25) is 0 Å². The van der Waals surface area contributed by atoms with Gasteiger partial charge in [0.1, 0.15) is 6.04 Å². The molecule has 1 atom stereocenters. The van der Waals surface area contributed by atoms with Crippen LogP contribution in [-0.4, -0.2) is 49.6 Å². The topological polar surface area (TPSA) is 97.0 Å². The molecule has 0 aromatic heterocycles. The zero-order chi connectivity index (χ0) is 20.0. The molecule has 8 nitrogen and oxygen atoms in total. The minimum atomic E-state index is -0.678. The number of nitrogens with zero attached hydrogens (tertiary/aromatic N) is 1. The molecule has 1 heterocycles. The number of rotatable bonds is 9. The molecule has 0 saturated carbocycles. The number of amides is 4. The second-order valence-corrected chi connectivity index (χ2v) is 6.85. The molecule has 27 heavy (non-hydrogen) atoms. The summed E-state index contributed by atoms with van der Waals surface area (Å²) in [6.07, 6.45) is 0.463. The Morgan fingerprint density at radius 3 is 2.56 bits per heavy atom. The highest BCUT2D eigenvalue weighted by molar-refractivity contribution is 6.04. The summed E-state index contributed by atoms with van der Waals surface area (Å²) in [7, 11) is 3.06. The normalized spacial score (nSPS) is 16.5. The number of urea groups is 1. The maximum atomic E-state index is 12.5. The summed E-state index contributed by atoms with van der Waals surface area (Å²) in [6.45, 7) is 4.73. The molecule has 1 aromatic rings. The van der Waals surface area contributed by atoms with Gasteiger partial charge in [-0.2, -0.15) is 0 Å². The Morgan fingerprint density at radius 2 is 1.93 bits per heavy atom. The fourth-order valence-corrected chi connectivity index (χ4v) is 2.77. The van der Waals surface area contributed by atoms with Crippen LogP contribution in [0.25, 0.3) is 0 Å². The Bertz CT molecular complexity index is 705. The van der Waals surface area contributed by atoms with Crippen molar-refractivity contribution in [3.8, 4) is 11.5 Å². The van der Waals surface area contributed by atoms with E-state index in [1.165, 1.54) is 14.2 Å². The molecule has 4 amide bonds. The van der Waals surface area contributed by atoms with E-state index in [4.69, 9.17) is 9.47 Å². The molecule has 2 N–H and O–H groups in total. The molecule has 0 bridgehead atoms. The number of hydrogen-bond donors (Lipinski definition) is 2. The van der Waals surface area contributed by atoms with Gasteiger partial charge in [0.05, 0.1) is 20.8 Å². The average Bonchev–Trinajstić information content (AvgIpc) is 2.92. The second-order valence-electron chi connectivity index (χ2n) is 6.85. The molecular formula is C19H27N3O5. The minimum absolute atomic E-state index is 0.121. The van der Waals surface area contributed by atoms with E-state index in [0.717, 1.165) is 10.5 Å². The standard InChI is InChI=1S/C19H27N3O5/c1-12(2)10-20-17(23)8-6-14-18(24)22(19(25)21-14)11-13-5-7-15(26-3)16(9-13)27-4/h5,7,9,12,14H,6,8,10-11H2,1-4H3,(H,20,23)(H,21,25). The van der Waals surface area contributed by atoms with Gasteiger partial charge < -0.3 is 20.1 Å². The van der Waals surface area contributed by atoms with Crippen LogP contribution in [0.3, 0.4) is 0 Å². The molecular weight excluding hydrogens is 350 g/mol. The Kier molecular flexibility index (Phi) is 7.04. The summed E-state index contributed by atoms with van der Waals surface area (Å²) in [4.78, 5) is 37.7. The van der Waals surface area contributed by atoms with Gasteiger partial charge >= 0.3 is 6.03 Å². The summed E-state index contributed by atoms with van der Waals surface area (Å²) in [5.74, 6) is 1.01. The van der Waals surface area contributed by atoms with Gasteiger partial charge in [0.25, 0.3) is 5.91 Å². The minimum Gasteiger partial charge on any atom is -0.493 e. The van der Waals surface area contributed by atoms with E-state index >= 15 is 0 Å². The third-order valence-corrected chi connectivity index (χ3v) is 4.26. The molecule has 8 heteroatoms. The van der Waals surface area contributed by atoms with Gasteiger partial charge in [0.2, 0.25) is 5.91 Å². The summed E-state index contributed by atoms with van der Waals surface area (Å²) >= 11 is 0. The van der Waals surface area contributed by atoms with Crippen molar-refractivity contribution in [3.05, 3.63) is 23.8 Å². The Labute approximate surface area is 159 Å². The number of ether oxygens (including phenoxy) is 2. The first-order valence-electron chi connectivity index (χ1n) is 8.95. The van der Waals surface area contributed by atoms with Crippen LogP contribution in [0, 0.1) is 5.92 Å². The van der Waals surface area contributed by atoms with Crippen molar-refractivity contribution in [2.75, 3.05) is 20.8 Å². The van der Waals surface area contributed by atoms with E-state index < -0.39 is 12.1 Å². The van der Waals surface area contributed by atoms with E-state index in [1.807, 2.05) is 13.8 Å². The highest BCUT2D eigenvalue weighted by Crippen LogP contribution is 2.28. The quantitative estimate of drug-likeness (QED) is 0.638. The van der Waals surface area contributed by atoms with E-state index in [0.29, 0.717) is 24.0 Å². The summed E-state index contributed by atoms with van der Waals surface area (Å²) in [5, 5.41) is 5.45. The van der Waals surface area contributed by atoms with Crippen molar-refractivity contribution in [3.63, 3.8) is 0 Å². The highest BCUT2D eigenvalue weighted by Gasteiger charge is 2.37. The number of nitrogens with one attached hydrogen (secondary N) is 2. The Morgan fingerprint density at radius 1 is 1.22 bits per heavy atom. The lowest BCUT2D eigenvalue weighted by atomic mass is 10.1. The van der Waals surface area contributed by atoms with Crippen LogP contribution in [0.15, 0.2) is 18.2 Å². The maximum Gasteiger partial charge on any atom is 0.325 e. The third-order valence-electron chi connectivity index (χ3n) is 4.26. The van der Waals surface area contributed by atoms with E-state index in [1.54, 1.807) is 18.2 Å². The first kappa shape index (κ1) is 20.5. The molecule has 0 spiro atoms. The maximum absolute atomic E-state index is 12.5. The average molecular weight is 377 g/mol. The molecule has 0 aliphatic carbocycles. The summed E-state index contributed by atoms with van der Waals surface area (Å²) in [6, 6.07) is 4.09. The lowest BCUT2D eigenvalue weighted by Crippen LogP contribution is -2.33. The van der Waals surface area contributed by atoms with Gasteiger partial charge in [-0.25, -0.2) is 4.79 Å². The lowest BCUT2D eigenvalue weighted by Gasteiger charge is -2.15. The van der Waals surface area contributed by atoms with Gasteiger partial charge in [-0.15, -0.1) is 0 Å². The van der Waals surface area contributed by atoms with Gasteiger partial charge in [0.15, 0.2) is 11.5 Å². The van der Waals surface area contributed by atoms with Crippen molar-refractivity contribution in [2.24, 2.45) is 5.92 Å². The molecule has 148 valence electrons. The highest BCUT2D eigenvalue weighted by atomic mass is 16.5. The van der Waals surface area contributed by atoms with Crippen molar-refractivity contribution >= 4 is 17.8 Å². The van der Waals surface area contributed by atoms with Gasteiger partial charge in [0, 0.05) is 13.0 Å². The molecule has 1 unspecified atom stereocenters. The van der Waals surface area contributed by atoms with Crippen LogP contribution >= 0.6 is 0 Å². The second kappa shape index (κ2) is 9.25. The number of carbonyl (C=O) groups excluding carboxylic acids is 3. The number of methoxy groups -OCH3 is 2. The Hall–Kier alpha value is -2.77. The van der Waals surface area contributed by atoms with Crippen LogP contribution in [0.1, 0.15) is 32.3 Å². The zero-order valence-corrected chi connectivity index (χ0v) is 16.2. The molecule has 1 aliphatic rings. The van der Waals surface area contributed by atoms with E-state index in [9.17, 15) is 14.4 Å². The summed E-state index contributed by atoms with van der Waals surface area (Å²) < 4.78 is 10.4. The lowest BCUT2D eigenvalue weighted by molar-refractivity contribution is -0.128. The van der Waals surface area contributed by atoms with Crippen molar-refractivity contribution in [1.29, 1.82) is 0 Å². The molecule has 1 fully saturated rings. The third kappa shape index (κ3) is 5.35. The number of hydrogen-bond acceptors (Lipinski definition) is 5. The van der Waals surface area contributed by atoms with Crippen molar-refractivity contribution in [1.82, 2.24) is 15.5 Å². The first-order valence-corrected chi connectivity index (χ1v) is 8.95. The summed E-state index contributed by atoms with van der Waals surface area (Å²) in [5.41, 5.74) is 0.742. The first-order chi connectivity index (χ1) is 12.8. The van der Waals surface area contributed by atoms with Gasteiger partial charge in [-0.3, -0.25) is 14.5 Å². The number of imide groups is 1. The van der Waals surface area contributed by atoms with E-state index in [2.05, 4.69) is 10.6 Å². The molecule has 2 rings (SSSR count). The fraction of sp³-hybridized carbons (Fsp3) is 0.526. The van der Waals surface area contributed by atoms with Crippen molar-refractivity contribution < 1.29 is 23.9 Å². The molecule has 1 aliphatic heterocycles. The van der Waals surface area contributed by atoms with Crippen LogP contribution in [0.5, 0.6) is 11.5 Å².